The van der Waals surface area contributed by atoms with Crippen molar-refractivity contribution < 1.29 is 9.53 Å². The van der Waals surface area contributed by atoms with Gasteiger partial charge in [-0.05, 0) is 25.7 Å². The van der Waals surface area contributed by atoms with Crippen molar-refractivity contribution >= 4 is 5.78 Å². The molecular formula is C14H18O2. The Labute approximate surface area is 96.6 Å². The molecule has 0 N–H and O–H groups in total. The predicted molar refractivity (Wildman–Crippen MR) is 63.5 cm³/mol. The summed E-state index contributed by atoms with van der Waals surface area (Å²) in [4.78, 5) is 11.9. The van der Waals surface area contributed by atoms with Gasteiger partial charge < -0.3 is 4.74 Å². The van der Waals surface area contributed by atoms with Gasteiger partial charge >= 0.3 is 0 Å². The maximum Gasteiger partial charge on any atom is 0.163 e. The van der Waals surface area contributed by atoms with Crippen LogP contribution in [0.15, 0.2) is 30.3 Å². The summed E-state index contributed by atoms with van der Waals surface area (Å²) in [6, 6.07) is 9.54. The zero-order valence-corrected chi connectivity index (χ0v) is 9.69. The molecule has 0 amide bonds. The van der Waals surface area contributed by atoms with E-state index in [1.807, 2.05) is 37.3 Å². The number of carbonyl (C=O) groups excluding carboxylic acids is 1. The van der Waals surface area contributed by atoms with Crippen LogP contribution in [0.25, 0.3) is 0 Å². The Morgan fingerprint density at radius 3 is 2.62 bits per heavy atom. The van der Waals surface area contributed by atoms with Crippen LogP contribution in [0.3, 0.4) is 0 Å². The van der Waals surface area contributed by atoms with Gasteiger partial charge in [-0.25, -0.2) is 0 Å². The van der Waals surface area contributed by atoms with Crippen LogP contribution in [0.1, 0.15) is 36.5 Å². The first-order valence-corrected chi connectivity index (χ1v) is 5.99. The van der Waals surface area contributed by atoms with Crippen LogP contribution >= 0.6 is 0 Å². The zero-order valence-electron chi connectivity index (χ0n) is 9.69. The van der Waals surface area contributed by atoms with Gasteiger partial charge in [0.25, 0.3) is 0 Å². The molecule has 1 saturated carbocycles. The van der Waals surface area contributed by atoms with Crippen LogP contribution in [0, 0.1) is 5.92 Å². The van der Waals surface area contributed by atoms with Gasteiger partial charge in [0.15, 0.2) is 5.78 Å². The number of ketones is 1. The maximum absolute atomic E-state index is 11.9. The third-order valence-corrected chi connectivity index (χ3v) is 3.16. The fourth-order valence-corrected chi connectivity index (χ4v) is 2.22. The van der Waals surface area contributed by atoms with Crippen LogP contribution in [-0.4, -0.2) is 18.5 Å². The first-order valence-electron chi connectivity index (χ1n) is 5.99. The van der Waals surface area contributed by atoms with Gasteiger partial charge in [-0.15, -0.1) is 0 Å². The monoisotopic (exact) mass is 218 g/mol. The third-order valence-electron chi connectivity index (χ3n) is 3.16. The minimum atomic E-state index is 0.264. The highest BCUT2D eigenvalue weighted by atomic mass is 16.5. The summed E-state index contributed by atoms with van der Waals surface area (Å²) in [6.45, 7) is 2.80. The SMILES string of the molecule is CCOC1CC(CC(=O)c2ccccc2)C1. The smallest absolute Gasteiger partial charge is 0.163 e. The predicted octanol–water partition coefficient (Wildman–Crippen LogP) is 3.07. The largest absolute Gasteiger partial charge is 0.378 e. The quantitative estimate of drug-likeness (QED) is 0.710. The molecule has 1 aliphatic rings. The highest BCUT2D eigenvalue weighted by Gasteiger charge is 2.31. The number of hydrogen-bond acceptors (Lipinski definition) is 2. The molecule has 1 aliphatic carbocycles. The maximum atomic E-state index is 11.9. The fraction of sp³-hybridized carbons (Fsp3) is 0.500. The summed E-state index contributed by atoms with van der Waals surface area (Å²) in [5.74, 6) is 0.796. The zero-order chi connectivity index (χ0) is 11.4. The first-order chi connectivity index (χ1) is 7.79. The number of Topliss-reactive ketones (excluding diaryl/α,β-unsaturated/α-hetero) is 1. The summed E-state index contributed by atoms with van der Waals surface area (Å²) in [6.07, 6.45) is 3.17. The number of rotatable bonds is 5. The Morgan fingerprint density at radius 2 is 2.00 bits per heavy atom. The van der Waals surface area contributed by atoms with Gasteiger partial charge in [-0.1, -0.05) is 30.3 Å². The lowest BCUT2D eigenvalue weighted by Gasteiger charge is -2.34. The molecule has 0 spiro atoms. The van der Waals surface area contributed by atoms with Crippen molar-refractivity contribution in [3.63, 3.8) is 0 Å². The van der Waals surface area contributed by atoms with E-state index in [0.717, 1.165) is 25.0 Å². The Bertz CT molecular complexity index is 339. The van der Waals surface area contributed by atoms with Crippen molar-refractivity contribution in [2.75, 3.05) is 6.61 Å². The molecule has 1 aromatic carbocycles. The molecule has 0 heterocycles. The van der Waals surface area contributed by atoms with E-state index in [1.54, 1.807) is 0 Å². The van der Waals surface area contributed by atoms with Gasteiger partial charge in [-0.2, -0.15) is 0 Å². The molecule has 0 atom stereocenters. The van der Waals surface area contributed by atoms with Gasteiger partial charge in [0.2, 0.25) is 0 Å². The molecule has 0 aromatic heterocycles. The van der Waals surface area contributed by atoms with Crippen molar-refractivity contribution in [1.29, 1.82) is 0 Å². The molecule has 86 valence electrons. The lowest BCUT2D eigenvalue weighted by atomic mass is 9.78. The second-order valence-corrected chi connectivity index (χ2v) is 4.41. The average Bonchev–Trinajstić information content (AvgIpc) is 2.27. The Morgan fingerprint density at radius 1 is 1.31 bits per heavy atom. The standard InChI is InChI=1S/C14H18O2/c1-2-16-13-8-11(9-13)10-14(15)12-6-4-3-5-7-12/h3-7,11,13H,2,8-10H2,1H3. The summed E-state index contributed by atoms with van der Waals surface area (Å²) in [7, 11) is 0. The minimum Gasteiger partial charge on any atom is -0.378 e. The highest BCUT2D eigenvalue weighted by Crippen LogP contribution is 2.33. The van der Waals surface area contributed by atoms with Crippen LogP contribution in [-0.2, 0) is 4.74 Å². The summed E-state index contributed by atoms with van der Waals surface area (Å²) in [5, 5.41) is 0. The molecule has 1 fully saturated rings. The Kier molecular flexibility index (Phi) is 3.73. The van der Waals surface area contributed by atoms with Gasteiger partial charge in [0.1, 0.15) is 0 Å². The van der Waals surface area contributed by atoms with Crippen molar-refractivity contribution in [2.45, 2.75) is 32.3 Å². The molecule has 2 nitrogen and oxygen atoms in total. The van der Waals surface area contributed by atoms with Crippen LogP contribution in [0.4, 0.5) is 0 Å². The van der Waals surface area contributed by atoms with Gasteiger partial charge in [0, 0.05) is 18.6 Å². The lowest BCUT2D eigenvalue weighted by molar-refractivity contribution is -0.0246. The highest BCUT2D eigenvalue weighted by molar-refractivity contribution is 5.96. The van der Waals surface area contributed by atoms with Crippen molar-refractivity contribution in [3.05, 3.63) is 35.9 Å². The molecule has 16 heavy (non-hydrogen) atoms. The van der Waals surface area contributed by atoms with Crippen LogP contribution < -0.4 is 0 Å². The van der Waals surface area contributed by atoms with E-state index in [4.69, 9.17) is 4.74 Å². The molecule has 0 aliphatic heterocycles. The molecule has 2 heteroatoms. The normalized spacial score (nSPS) is 23.8. The first kappa shape index (κ1) is 11.3. The van der Waals surface area contributed by atoms with E-state index < -0.39 is 0 Å². The van der Waals surface area contributed by atoms with E-state index in [2.05, 4.69) is 0 Å². The number of carbonyl (C=O) groups is 1. The molecule has 0 unspecified atom stereocenters. The number of hydrogen-bond donors (Lipinski definition) is 0. The average molecular weight is 218 g/mol. The van der Waals surface area contributed by atoms with Crippen LogP contribution in [0.5, 0.6) is 0 Å². The second-order valence-electron chi connectivity index (χ2n) is 4.41. The molecule has 0 radical (unpaired) electrons. The van der Waals surface area contributed by atoms with E-state index in [0.29, 0.717) is 18.4 Å². The molecule has 0 saturated heterocycles. The van der Waals surface area contributed by atoms with Crippen molar-refractivity contribution in [2.24, 2.45) is 5.92 Å². The van der Waals surface area contributed by atoms with Crippen molar-refractivity contribution in [1.82, 2.24) is 0 Å². The fourth-order valence-electron chi connectivity index (χ4n) is 2.22. The molecular weight excluding hydrogens is 200 g/mol. The Hall–Kier alpha value is -1.15. The van der Waals surface area contributed by atoms with Crippen molar-refractivity contribution in [3.8, 4) is 0 Å². The van der Waals surface area contributed by atoms with Gasteiger partial charge in [-0.3, -0.25) is 4.79 Å². The second kappa shape index (κ2) is 5.26. The number of benzene rings is 1. The molecule has 2 rings (SSSR count). The molecule has 0 bridgehead atoms. The summed E-state index contributed by atoms with van der Waals surface area (Å²) in [5.41, 5.74) is 0.836. The third kappa shape index (κ3) is 2.70. The summed E-state index contributed by atoms with van der Waals surface area (Å²) < 4.78 is 5.48. The molecule has 1 aromatic rings. The van der Waals surface area contributed by atoms with Gasteiger partial charge in [0.05, 0.1) is 6.10 Å². The summed E-state index contributed by atoms with van der Waals surface area (Å²) >= 11 is 0. The lowest BCUT2D eigenvalue weighted by Crippen LogP contribution is -2.32. The van der Waals surface area contributed by atoms with E-state index in [9.17, 15) is 4.79 Å². The number of ether oxygens (including phenoxy) is 1. The van der Waals surface area contributed by atoms with Crippen LogP contribution in [0.2, 0.25) is 0 Å². The van der Waals surface area contributed by atoms with E-state index >= 15 is 0 Å². The topological polar surface area (TPSA) is 26.3 Å². The van der Waals surface area contributed by atoms with E-state index in [-0.39, 0.29) is 5.78 Å². The minimum absolute atomic E-state index is 0.264. The van der Waals surface area contributed by atoms with E-state index in [1.165, 1.54) is 0 Å². The Balaban J connectivity index is 1.78.